The van der Waals surface area contributed by atoms with E-state index in [0.717, 1.165) is 24.1 Å². The van der Waals surface area contributed by atoms with Gasteiger partial charge in [0.2, 0.25) is 0 Å². The number of aryl methyl sites for hydroxylation is 2. The van der Waals surface area contributed by atoms with Crippen molar-refractivity contribution >= 4 is 0 Å². The van der Waals surface area contributed by atoms with Crippen LogP contribution in [0.15, 0.2) is 74.3 Å². The third-order valence-electron chi connectivity index (χ3n) is 5.11. The molecule has 2 rings (SSSR count). The molecule has 1 atom stereocenters. The highest BCUT2D eigenvalue weighted by Gasteiger charge is 2.18. The first-order valence-corrected chi connectivity index (χ1v) is 12.7. The smallest absolute Gasteiger partial charge is 0.0280 e. The van der Waals surface area contributed by atoms with Crippen LogP contribution >= 0.6 is 0 Å². The molecular formula is C33H54N2. The second-order valence-electron chi connectivity index (χ2n) is 8.94. The molecule has 4 N–H and O–H groups in total. The summed E-state index contributed by atoms with van der Waals surface area (Å²) in [5.41, 5.74) is 15.4. The quantitative estimate of drug-likeness (QED) is 0.324. The lowest BCUT2D eigenvalue weighted by Gasteiger charge is -2.26. The highest BCUT2D eigenvalue weighted by molar-refractivity contribution is 5.48. The molecule has 1 unspecified atom stereocenters. The molecule has 2 heteroatoms. The van der Waals surface area contributed by atoms with E-state index < -0.39 is 0 Å². The Kier molecular flexibility index (Phi) is 25.9. The lowest BCUT2D eigenvalue weighted by molar-refractivity contribution is 0.257. The summed E-state index contributed by atoms with van der Waals surface area (Å²) in [7, 11) is 1.50. The SMILES string of the molecule is C=C.C=CC.CCCC(C)(C)CC(C)CN.CCc1ccccc1C#Cc1ccccc1C.CN. The molecule has 0 fully saturated rings. The fourth-order valence-electron chi connectivity index (χ4n) is 3.60. The molecule has 2 nitrogen and oxygen atoms in total. The van der Waals surface area contributed by atoms with Crippen LogP contribution in [0.3, 0.4) is 0 Å². The average molecular weight is 479 g/mol. The lowest BCUT2D eigenvalue weighted by Crippen LogP contribution is -2.20. The Balaban J connectivity index is -0.000000493. The van der Waals surface area contributed by atoms with E-state index in [0.29, 0.717) is 11.3 Å². The topological polar surface area (TPSA) is 52.0 Å². The number of hydrogen-bond donors (Lipinski definition) is 2. The van der Waals surface area contributed by atoms with Crippen molar-refractivity contribution in [2.45, 2.75) is 74.1 Å². The van der Waals surface area contributed by atoms with Crippen molar-refractivity contribution in [3.8, 4) is 11.8 Å². The predicted octanol–water partition coefficient (Wildman–Crippen LogP) is 8.32. The zero-order chi connectivity index (χ0) is 27.7. The Morgan fingerprint density at radius 2 is 1.40 bits per heavy atom. The molecule has 0 saturated carbocycles. The summed E-state index contributed by atoms with van der Waals surface area (Å²) in [6, 6.07) is 16.6. The van der Waals surface area contributed by atoms with Gasteiger partial charge in [-0.2, -0.15) is 0 Å². The third-order valence-corrected chi connectivity index (χ3v) is 5.11. The van der Waals surface area contributed by atoms with Crippen LogP contribution in [0.2, 0.25) is 0 Å². The van der Waals surface area contributed by atoms with E-state index in [9.17, 15) is 0 Å². The van der Waals surface area contributed by atoms with E-state index in [1.807, 2.05) is 25.1 Å². The summed E-state index contributed by atoms with van der Waals surface area (Å²) >= 11 is 0. The van der Waals surface area contributed by atoms with Gasteiger partial charge in [-0.05, 0) is 81.3 Å². The number of rotatable bonds is 6. The van der Waals surface area contributed by atoms with Crippen LogP contribution in [0.1, 0.15) is 83.1 Å². The zero-order valence-corrected chi connectivity index (χ0v) is 24.1. The van der Waals surface area contributed by atoms with Crippen LogP contribution in [0, 0.1) is 30.1 Å². The van der Waals surface area contributed by atoms with Crippen LogP contribution in [0.5, 0.6) is 0 Å². The Morgan fingerprint density at radius 1 is 0.943 bits per heavy atom. The van der Waals surface area contributed by atoms with E-state index in [1.165, 1.54) is 37.4 Å². The molecule has 0 radical (unpaired) electrons. The van der Waals surface area contributed by atoms with Gasteiger partial charge in [-0.15, -0.1) is 19.7 Å². The third kappa shape index (κ3) is 19.4. The molecule has 2 aromatic rings. The van der Waals surface area contributed by atoms with Gasteiger partial charge in [0.25, 0.3) is 0 Å². The molecule has 0 aromatic heterocycles. The van der Waals surface area contributed by atoms with Crippen molar-refractivity contribution < 1.29 is 0 Å². The summed E-state index contributed by atoms with van der Waals surface area (Å²) in [4.78, 5) is 0. The number of nitrogens with two attached hydrogens (primary N) is 2. The Hall–Kier alpha value is -2.60. The maximum atomic E-state index is 5.58. The van der Waals surface area contributed by atoms with E-state index in [-0.39, 0.29) is 0 Å². The van der Waals surface area contributed by atoms with Crippen LogP contribution in [-0.4, -0.2) is 13.6 Å². The molecule has 0 saturated heterocycles. The fraction of sp³-hybridized carbons (Fsp3) is 0.455. The molecule has 0 aliphatic carbocycles. The van der Waals surface area contributed by atoms with Gasteiger partial charge in [-0.3, -0.25) is 0 Å². The Labute approximate surface area is 218 Å². The van der Waals surface area contributed by atoms with Crippen molar-refractivity contribution in [3.63, 3.8) is 0 Å². The molecule has 196 valence electrons. The normalized spacial score (nSPS) is 10.0. The summed E-state index contributed by atoms with van der Waals surface area (Å²) in [6.07, 6.45) is 6.64. The second kappa shape index (κ2) is 24.5. The summed E-state index contributed by atoms with van der Waals surface area (Å²) in [6.45, 7) is 25.5. The maximum absolute atomic E-state index is 5.58. The van der Waals surface area contributed by atoms with Crippen LogP contribution in [-0.2, 0) is 6.42 Å². The highest BCUT2D eigenvalue weighted by Crippen LogP contribution is 2.29. The zero-order valence-electron chi connectivity index (χ0n) is 24.1. The van der Waals surface area contributed by atoms with Crippen molar-refractivity contribution in [2.24, 2.45) is 22.8 Å². The largest absolute Gasteiger partial charge is 0.333 e. The number of hydrogen-bond acceptors (Lipinski definition) is 2. The van der Waals surface area contributed by atoms with Gasteiger partial charge in [0, 0.05) is 11.1 Å². The highest BCUT2D eigenvalue weighted by atomic mass is 14.5. The van der Waals surface area contributed by atoms with Crippen LogP contribution in [0.25, 0.3) is 0 Å². The summed E-state index contributed by atoms with van der Waals surface area (Å²) < 4.78 is 0. The maximum Gasteiger partial charge on any atom is 0.0280 e. The van der Waals surface area contributed by atoms with Gasteiger partial charge in [0.05, 0.1) is 0 Å². The molecule has 0 aliphatic rings. The minimum Gasteiger partial charge on any atom is -0.333 e. The van der Waals surface area contributed by atoms with Gasteiger partial charge < -0.3 is 11.5 Å². The fourth-order valence-corrected chi connectivity index (χ4v) is 3.60. The Bertz CT molecular complexity index is 824. The van der Waals surface area contributed by atoms with Crippen molar-refractivity contribution in [3.05, 3.63) is 96.6 Å². The lowest BCUT2D eigenvalue weighted by atomic mass is 9.80. The monoisotopic (exact) mass is 478 g/mol. The molecule has 0 spiro atoms. The first-order chi connectivity index (χ1) is 16.7. The molecule has 0 amide bonds. The molecule has 0 heterocycles. The number of benzene rings is 2. The summed E-state index contributed by atoms with van der Waals surface area (Å²) in [5.74, 6) is 7.20. The number of allylic oxidation sites excluding steroid dienone is 1. The first kappa shape index (κ1) is 37.0. The van der Waals surface area contributed by atoms with Crippen molar-refractivity contribution in [1.82, 2.24) is 0 Å². The molecule has 0 bridgehead atoms. The second-order valence-corrected chi connectivity index (χ2v) is 8.94. The van der Waals surface area contributed by atoms with Gasteiger partial charge in [-0.25, -0.2) is 0 Å². The first-order valence-electron chi connectivity index (χ1n) is 12.7. The van der Waals surface area contributed by atoms with Gasteiger partial charge in [0.15, 0.2) is 0 Å². The van der Waals surface area contributed by atoms with E-state index in [1.54, 1.807) is 6.08 Å². The summed E-state index contributed by atoms with van der Waals surface area (Å²) in [5, 5.41) is 0. The standard InChI is InChI=1S/C17H16.C10H23N.C3H6.C2H4.CH5N/c1-3-15-9-6-7-11-17(15)13-12-16-10-5-4-8-14(16)2;1-5-6-10(3,4)7-9(2)8-11;1-3-2;2*1-2/h4-11H,3H2,1-2H3;9H,5-8,11H2,1-4H3;3H,1H2,2H3;1-2H2;2H2,1H3. The van der Waals surface area contributed by atoms with Crippen molar-refractivity contribution in [2.75, 3.05) is 13.6 Å². The molecule has 2 aromatic carbocycles. The molecule has 35 heavy (non-hydrogen) atoms. The van der Waals surface area contributed by atoms with Gasteiger partial charge >= 0.3 is 0 Å². The Morgan fingerprint density at radius 3 is 1.86 bits per heavy atom. The van der Waals surface area contributed by atoms with E-state index in [2.05, 4.69) is 109 Å². The van der Waals surface area contributed by atoms with Gasteiger partial charge in [-0.1, -0.05) is 95.4 Å². The minimum absolute atomic E-state index is 0.494. The van der Waals surface area contributed by atoms with Crippen LogP contribution in [0.4, 0.5) is 0 Å². The van der Waals surface area contributed by atoms with E-state index in [4.69, 9.17) is 5.73 Å². The van der Waals surface area contributed by atoms with E-state index >= 15 is 0 Å². The van der Waals surface area contributed by atoms with Crippen LogP contribution < -0.4 is 11.5 Å². The minimum atomic E-state index is 0.494. The molecule has 0 aliphatic heterocycles. The van der Waals surface area contributed by atoms with Crippen molar-refractivity contribution in [1.29, 1.82) is 0 Å². The molecular weight excluding hydrogens is 424 g/mol. The average Bonchev–Trinajstić information content (AvgIpc) is 2.86. The predicted molar refractivity (Wildman–Crippen MR) is 162 cm³/mol. The van der Waals surface area contributed by atoms with Gasteiger partial charge in [0.1, 0.15) is 0 Å².